The third-order valence-electron chi connectivity index (χ3n) is 3.94. The van der Waals surface area contributed by atoms with Gasteiger partial charge in [-0.15, -0.1) is 0 Å². The highest BCUT2D eigenvalue weighted by Crippen LogP contribution is 2.35. The Bertz CT molecular complexity index is 582. The van der Waals surface area contributed by atoms with Crippen LogP contribution in [0, 0.1) is 0 Å². The molecule has 6 heteroatoms. The topological polar surface area (TPSA) is 59.1 Å². The summed E-state index contributed by atoms with van der Waals surface area (Å²) in [6.07, 6.45) is 2.18. The molecule has 2 amide bonds. The van der Waals surface area contributed by atoms with Crippen LogP contribution in [-0.2, 0) is 9.59 Å². The molecule has 0 atom stereocenters. The standard InChI is InChI=1S/C18H26N2O4/c1-4-9-19(10-5-2)18(22)8-11-20(14(3)21)15-6-7-16-17(12-15)24-13-23-16/h6-7,12H,4-5,8-11,13H2,1-3H3. The molecule has 2 rings (SSSR count). The van der Waals surface area contributed by atoms with Gasteiger partial charge in [0.1, 0.15) is 0 Å². The zero-order valence-electron chi connectivity index (χ0n) is 14.7. The molecule has 1 aliphatic rings. The lowest BCUT2D eigenvalue weighted by Crippen LogP contribution is -2.37. The molecule has 0 saturated carbocycles. The van der Waals surface area contributed by atoms with E-state index in [9.17, 15) is 9.59 Å². The van der Waals surface area contributed by atoms with Crippen LogP contribution in [0.25, 0.3) is 0 Å². The van der Waals surface area contributed by atoms with Crippen molar-refractivity contribution < 1.29 is 19.1 Å². The average Bonchev–Trinajstić information content (AvgIpc) is 3.02. The summed E-state index contributed by atoms with van der Waals surface area (Å²) in [7, 11) is 0. The number of hydrogen-bond acceptors (Lipinski definition) is 4. The molecule has 0 aromatic heterocycles. The lowest BCUT2D eigenvalue weighted by atomic mass is 10.2. The molecular formula is C18H26N2O4. The average molecular weight is 334 g/mol. The van der Waals surface area contributed by atoms with Crippen molar-refractivity contribution in [1.29, 1.82) is 0 Å². The van der Waals surface area contributed by atoms with Gasteiger partial charge < -0.3 is 19.3 Å². The number of hydrogen-bond donors (Lipinski definition) is 0. The molecule has 1 aromatic rings. The highest BCUT2D eigenvalue weighted by atomic mass is 16.7. The molecule has 0 aliphatic carbocycles. The fourth-order valence-corrected chi connectivity index (χ4v) is 2.79. The summed E-state index contributed by atoms with van der Waals surface area (Å²) in [5.41, 5.74) is 0.720. The number of anilines is 1. The number of fused-ring (bicyclic) bond motifs is 1. The molecule has 0 spiro atoms. The monoisotopic (exact) mass is 334 g/mol. The van der Waals surface area contributed by atoms with E-state index in [4.69, 9.17) is 9.47 Å². The Morgan fingerprint density at radius 1 is 1.04 bits per heavy atom. The van der Waals surface area contributed by atoms with Gasteiger partial charge in [0.05, 0.1) is 0 Å². The van der Waals surface area contributed by atoms with E-state index in [0.717, 1.165) is 31.6 Å². The van der Waals surface area contributed by atoms with Gasteiger partial charge in [0, 0.05) is 44.7 Å². The predicted octanol–water partition coefficient (Wildman–Crippen LogP) is 2.81. The minimum Gasteiger partial charge on any atom is -0.454 e. The molecule has 0 N–H and O–H groups in total. The van der Waals surface area contributed by atoms with Crippen molar-refractivity contribution in [3.05, 3.63) is 18.2 Å². The molecule has 132 valence electrons. The number of nitrogens with zero attached hydrogens (tertiary/aromatic N) is 2. The number of ether oxygens (including phenoxy) is 2. The lowest BCUT2D eigenvalue weighted by Gasteiger charge is -2.25. The van der Waals surface area contributed by atoms with E-state index in [1.54, 1.807) is 17.0 Å². The van der Waals surface area contributed by atoms with Crippen molar-refractivity contribution in [1.82, 2.24) is 4.90 Å². The summed E-state index contributed by atoms with van der Waals surface area (Å²) < 4.78 is 10.7. The molecule has 24 heavy (non-hydrogen) atoms. The summed E-state index contributed by atoms with van der Waals surface area (Å²) in [6, 6.07) is 5.38. The Hall–Kier alpha value is -2.24. The normalized spacial score (nSPS) is 12.1. The van der Waals surface area contributed by atoms with Crippen LogP contribution in [0.4, 0.5) is 5.69 Å². The van der Waals surface area contributed by atoms with E-state index in [0.29, 0.717) is 24.5 Å². The number of amides is 2. The number of carbonyl (C=O) groups excluding carboxylic acids is 2. The van der Waals surface area contributed by atoms with E-state index < -0.39 is 0 Å². The Morgan fingerprint density at radius 2 is 1.71 bits per heavy atom. The van der Waals surface area contributed by atoms with Crippen molar-refractivity contribution in [3.63, 3.8) is 0 Å². The van der Waals surface area contributed by atoms with E-state index in [-0.39, 0.29) is 18.6 Å². The van der Waals surface area contributed by atoms with Crippen molar-refractivity contribution in [2.45, 2.75) is 40.0 Å². The van der Waals surface area contributed by atoms with Gasteiger partial charge in [0.15, 0.2) is 11.5 Å². The first-order valence-electron chi connectivity index (χ1n) is 8.52. The molecule has 1 aliphatic heterocycles. The van der Waals surface area contributed by atoms with E-state index in [1.807, 2.05) is 11.0 Å². The second kappa shape index (κ2) is 8.57. The van der Waals surface area contributed by atoms with Crippen LogP contribution < -0.4 is 14.4 Å². The van der Waals surface area contributed by atoms with Gasteiger partial charge >= 0.3 is 0 Å². The molecule has 1 heterocycles. The SMILES string of the molecule is CCCN(CCC)C(=O)CCN(C(C)=O)c1ccc2c(c1)OCO2. The van der Waals surface area contributed by atoms with Crippen molar-refractivity contribution in [3.8, 4) is 11.5 Å². The Labute approximate surface area is 143 Å². The van der Waals surface area contributed by atoms with Crippen LogP contribution in [0.1, 0.15) is 40.0 Å². The first kappa shape index (κ1) is 18.1. The summed E-state index contributed by atoms with van der Waals surface area (Å²) >= 11 is 0. The Balaban J connectivity index is 2.03. The zero-order chi connectivity index (χ0) is 17.5. The Morgan fingerprint density at radius 3 is 2.33 bits per heavy atom. The van der Waals surface area contributed by atoms with Gasteiger partial charge in [-0.3, -0.25) is 9.59 Å². The summed E-state index contributed by atoms with van der Waals surface area (Å²) in [5, 5.41) is 0. The molecule has 0 bridgehead atoms. The van der Waals surface area contributed by atoms with Gasteiger partial charge in [-0.05, 0) is 25.0 Å². The second-order valence-corrected chi connectivity index (χ2v) is 5.84. The maximum atomic E-state index is 12.4. The largest absolute Gasteiger partial charge is 0.454 e. The lowest BCUT2D eigenvalue weighted by molar-refractivity contribution is -0.131. The van der Waals surface area contributed by atoms with Gasteiger partial charge in [-0.2, -0.15) is 0 Å². The summed E-state index contributed by atoms with van der Waals surface area (Å²) in [5.74, 6) is 1.30. The maximum Gasteiger partial charge on any atom is 0.231 e. The fraction of sp³-hybridized carbons (Fsp3) is 0.556. The third kappa shape index (κ3) is 4.40. The summed E-state index contributed by atoms with van der Waals surface area (Å²) in [6.45, 7) is 7.70. The van der Waals surface area contributed by atoms with Crippen molar-refractivity contribution in [2.24, 2.45) is 0 Å². The van der Waals surface area contributed by atoms with E-state index in [1.165, 1.54) is 6.92 Å². The van der Waals surface area contributed by atoms with Crippen LogP contribution in [0.2, 0.25) is 0 Å². The third-order valence-corrected chi connectivity index (χ3v) is 3.94. The number of rotatable bonds is 8. The minimum absolute atomic E-state index is 0.0886. The zero-order valence-corrected chi connectivity index (χ0v) is 14.7. The van der Waals surface area contributed by atoms with Gasteiger partial charge in [0.25, 0.3) is 0 Å². The van der Waals surface area contributed by atoms with Crippen LogP contribution in [0.15, 0.2) is 18.2 Å². The highest BCUT2D eigenvalue weighted by molar-refractivity contribution is 5.92. The molecule has 0 saturated heterocycles. The van der Waals surface area contributed by atoms with Crippen LogP contribution in [-0.4, -0.2) is 43.1 Å². The number of carbonyl (C=O) groups is 2. The summed E-state index contributed by atoms with van der Waals surface area (Å²) in [4.78, 5) is 27.9. The first-order valence-corrected chi connectivity index (χ1v) is 8.52. The van der Waals surface area contributed by atoms with E-state index >= 15 is 0 Å². The quantitative estimate of drug-likeness (QED) is 0.733. The fourth-order valence-electron chi connectivity index (χ4n) is 2.79. The highest BCUT2D eigenvalue weighted by Gasteiger charge is 2.20. The smallest absolute Gasteiger partial charge is 0.231 e. The number of benzene rings is 1. The van der Waals surface area contributed by atoms with Crippen LogP contribution in [0.3, 0.4) is 0 Å². The first-order chi connectivity index (χ1) is 11.6. The maximum absolute atomic E-state index is 12.4. The molecule has 1 aromatic carbocycles. The molecule has 6 nitrogen and oxygen atoms in total. The predicted molar refractivity (Wildman–Crippen MR) is 92.4 cm³/mol. The molecular weight excluding hydrogens is 308 g/mol. The van der Waals surface area contributed by atoms with Gasteiger partial charge in [-0.1, -0.05) is 13.8 Å². The minimum atomic E-state index is -0.0980. The van der Waals surface area contributed by atoms with Crippen molar-refractivity contribution in [2.75, 3.05) is 31.3 Å². The second-order valence-electron chi connectivity index (χ2n) is 5.84. The van der Waals surface area contributed by atoms with Crippen LogP contribution >= 0.6 is 0 Å². The molecule has 0 unspecified atom stereocenters. The van der Waals surface area contributed by atoms with E-state index in [2.05, 4.69) is 13.8 Å². The van der Waals surface area contributed by atoms with Gasteiger partial charge in [-0.25, -0.2) is 0 Å². The Kier molecular flexibility index (Phi) is 6.46. The van der Waals surface area contributed by atoms with Crippen LogP contribution in [0.5, 0.6) is 11.5 Å². The van der Waals surface area contributed by atoms with Crippen molar-refractivity contribution >= 4 is 17.5 Å². The molecule has 0 fully saturated rings. The molecule has 0 radical (unpaired) electrons. The van der Waals surface area contributed by atoms with Gasteiger partial charge in [0.2, 0.25) is 18.6 Å².